The number of aryl methyl sites for hydroxylation is 1. The third-order valence-electron chi connectivity index (χ3n) is 6.47. The van der Waals surface area contributed by atoms with Crippen molar-refractivity contribution in [2.45, 2.75) is 47.0 Å². The molecule has 1 aliphatic heterocycles. The zero-order valence-electron chi connectivity index (χ0n) is 21.2. The Morgan fingerprint density at radius 2 is 1.94 bits per heavy atom. The van der Waals surface area contributed by atoms with Gasteiger partial charge in [-0.05, 0) is 93.6 Å². The molecule has 2 heterocycles. The first-order valence-corrected chi connectivity index (χ1v) is 12.1. The number of hydrogen-bond donors (Lipinski definition) is 0. The van der Waals surface area contributed by atoms with Crippen LogP contribution in [0.3, 0.4) is 0 Å². The maximum Gasteiger partial charge on any atom is 0.133 e. The van der Waals surface area contributed by atoms with Crippen LogP contribution in [0.5, 0.6) is 17.2 Å². The lowest BCUT2D eigenvalue weighted by Crippen LogP contribution is -2.26. The van der Waals surface area contributed by atoms with Crippen LogP contribution in [-0.2, 0) is 17.6 Å². The Morgan fingerprint density at radius 3 is 2.69 bits per heavy atom. The highest BCUT2D eigenvalue weighted by Gasteiger charge is 2.23. The van der Waals surface area contributed by atoms with Crippen LogP contribution in [0.25, 0.3) is 5.57 Å². The number of allylic oxidation sites excluding steroid dienone is 1. The van der Waals surface area contributed by atoms with E-state index in [0.717, 1.165) is 51.6 Å². The van der Waals surface area contributed by atoms with Crippen LogP contribution < -0.4 is 9.47 Å². The van der Waals surface area contributed by atoms with Gasteiger partial charge in [-0.2, -0.15) is 0 Å². The van der Waals surface area contributed by atoms with E-state index in [2.05, 4.69) is 9.98 Å². The number of aliphatic imine (C=N–C) groups is 1. The molecule has 0 saturated carbocycles. The van der Waals surface area contributed by atoms with Gasteiger partial charge < -0.3 is 14.3 Å². The van der Waals surface area contributed by atoms with Crippen molar-refractivity contribution < 1.29 is 18.7 Å². The van der Waals surface area contributed by atoms with Crippen molar-refractivity contribution in [2.24, 2.45) is 10.9 Å². The molecule has 0 radical (unpaired) electrons. The summed E-state index contributed by atoms with van der Waals surface area (Å²) in [5, 5.41) is 0. The van der Waals surface area contributed by atoms with E-state index in [-0.39, 0.29) is 17.5 Å². The molecule has 2 aromatic carbocycles. The van der Waals surface area contributed by atoms with Crippen LogP contribution in [0.2, 0.25) is 0 Å². The van der Waals surface area contributed by atoms with Crippen LogP contribution in [0.15, 0.2) is 65.9 Å². The minimum Gasteiger partial charge on any atom is -0.493 e. The topological polar surface area (TPSA) is 60.8 Å². The summed E-state index contributed by atoms with van der Waals surface area (Å²) in [6, 6.07) is 14.1. The molecule has 1 unspecified atom stereocenters. The van der Waals surface area contributed by atoms with E-state index >= 15 is 0 Å². The Kier molecular flexibility index (Phi) is 7.93. The average Bonchev–Trinajstić information content (AvgIpc) is 2.86. The molecule has 0 bridgehead atoms. The highest BCUT2D eigenvalue weighted by Crippen LogP contribution is 2.34. The third-order valence-corrected chi connectivity index (χ3v) is 6.47. The average molecular weight is 487 g/mol. The fraction of sp³-hybridized carbons (Fsp3) is 0.300. The summed E-state index contributed by atoms with van der Waals surface area (Å²) in [6.07, 6.45) is 5.39. The first kappa shape index (κ1) is 25.3. The lowest BCUT2D eigenvalue weighted by atomic mass is 9.93. The largest absolute Gasteiger partial charge is 0.493 e. The van der Waals surface area contributed by atoms with Gasteiger partial charge in [0.05, 0.1) is 6.61 Å². The van der Waals surface area contributed by atoms with Crippen molar-refractivity contribution in [2.75, 3.05) is 6.61 Å². The smallest absolute Gasteiger partial charge is 0.133 e. The van der Waals surface area contributed by atoms with Crippen molar-refractivity contribution in [3.05, 3.63) is 89.1 Å². The van der Waals surface area contributed by atoms with E-state index in [0.29, 0.717) is 25.2 Å². The van der Waals surface area contributed by atoms with E-state index in [1.807, 2.05) is 51.2 Å². The number of benzene rings is 2. The monoisotopic (exact) mass is 486 g/mol. The van der Waals surface area contributed by atoms with Gasteiger partial charge in [-0.1, -0.05) is 12.1 Å². The maximum atomic E-state index is 13.2. The Balaban J connectivity index is 1.49. The van der Waals surface area contributed by atoms with Crippen molar-refractivity contribution in [3.8, 4) is 17.2 Å². The van der Waals surface area contributed by atoms with Crippen molar-refractivity contribution in [3.63, 3.8) is 0 Å². The highest BCUT2D eigenvalue weighted by molar-refractivity contribution is 5.86. The van der Waals surface area contributed by atoms with Crippen LogP contribution in [-0.4, -0.2) is 23.1 Å². The summed E-state index contributed by atoms with van der Waals surface area (Å²) in [4.78, 5) is 20.6. The minimum absolute atomic E-state index is 0.138. The zero-order valence-corrected chi connectivity index (χ0v) is 21.2. The van der Waals surface area contributed by atoms with Gasteiger partial charge in [0.15, 0.2) is 0 Å². The number of nitrogens with zero attached hydrogens (tertiary/aromatic N) is 2. The minimum atomic E-state index is -0.251. The number of rotatable bonds is 8. The molecule has 3 aromatic rings. The van der Waals surface area contributed by atoms with Gasteiger partial charge in [0.2, 0.25) is 0 Å². The summed E-state index contributed by atoms with van der Waals surface area (Å²) >= 11 is 0. The van der Waals surface area contributed by atoms with E-state index < -0.39 is 0 Å². The quantitative estimate of drug-likeness (QED) is 0.324. The Labute approximate surface area is 211 Å². The third kappa shape index (κ3) is 6.25. The molecular formula is C30H31FN2O3. The fourth-order valence-corrected chi connectivity index (χ4v) is 4.20. The second-order valence-corrected chi connectivity index (χ2v) is 9.25. The molecule has 0 fully saturated rings. The summed E-state index contributed by atoms with van der Waals surface area (Å²) in [7, 11) is 0. The lowest BCUT2D eigenvalue weighted by Gasteiger charge is -2.25. The number of aromatic nitrogens is 1. The van der Waals surface area contributed by atoms with Crippen LogP contribution in [0.1, 0.15) is 49.6 Å². The molecule has 1 aliphatic rings. The van der Waals surface area contributed by atoms with Gasteiger partial charge in [-0.3, -0.25) is 9.98 Å². The van der Waals surface area contributed by atoms with Crippen molar-refractivity contribution in [1.82, 2.24) is 4.98 Å². The molecule has 0 aliphatic carbocycles. The summed E-state index contributed by atoms with van der Waals surface area (Å²) in [6.45, 7) is 8.06. The second-order valence-electron chi connectivity index (χ2n) is 9.25. The number of carbonyl (C=O) groups excluding carboxylic acids is 1. The molecule has 36 heavy (non-hydrogen) atoms. The number of ketones is 1. The van der Waals surface area contributed by atoms with Gasteiger partial charge in [-0.25, -0.2) is 4.39 Å². The molecule has 0 amide bonds. The van der Waals surface area contributed by atoms with E-state index in [1.165, 1.54) is 12.1 Å². The molecule has 186 valence electrons. The summed E-state index contributed by atoms with van der Waals surface area (Å²) < 4.78 is 25.5. The first-order chi connectivity index (χ1) is 17.3. The fourth-order valence-electron chi connectivity index (χ4n) is 4.20. The molecule has 4 rings (SSSR count). The number of carbonyl (C=O) groups is 1. The van der Waals surface area contributed by atoms with E-state index in [9.17, 15) is 9.18 Å². The number of pyridine rings is 1. The summed E-state index contributed by atoms with van der Waals surface area (Å²) in [5.74, 6) is 2.32. The summed E-state index contributed by atoms with van der Waals surface area (Å²) in [5.41, 5.74) is 5.76. The second kappa shape index (κ2) is 11.3. The number of ether oxygens (including phenoxy) is 2. The molecule has 1 atom stereocenters. The SMILES string of the molecule is CC(=O)CCc1c(Oc2ccc3c(c2)CC(/C(C)=N/C=C(\C)c2ccc(F)cc2)CO3)ccnc1C. The molecular weight excluding hydrogens is 455 g/mol. The van der Waals surface area contributed by atoms with Gasteiger partial charge >= 0.3 is 0 Å². The maximum absolute atomic E-state index is 13.2. The molecule has 1 aromatic heterocycles. The van der Waals surface area contributed by atoms with Crippen molar-refractivity contribution in [1.29, 1.82) is 0 Å². The standard InChI is InChI=1S/C30H31FN2O3/c1-19(23-6-8-26(31)9-7-23)17-33-21(3)25-15-24-16-27(10-12-29(24)35-18-25)36-30-13-14-32-22(4)28(30)11-5-20(2)34/h6-10,12-14,16-17,25H,5,11,15,18H2,1-4H3/b19-17+,33-21+. The van der Waals surface area contributed by atoms with Gasteiger partial charge in [0, 0.05) is 41.7 Å². The number of halogens is 1. The van der Waals surface area contributed by atoms with E-state index in [1.54, 1.807) is 25.3 Å². The molecule has 5 nitrogen and oxygen atoms in total. The Bertz CT molecular complexity index is 1310. The van der Waals surface area contributed by atoms with Crippen LogP contribution in [0.4, 0.5) is 4.39 Å². The van der Waals surface area contributed by atoms with Gasteiger partial charge in [0.1, 0.15) is 28.8 Å². The number of fused-ring (bicyclic) bond motifs is 1. The molecule has 6 heteroatoms. The molecule has 0 spiro atoms. The lowest BCUT2D eigenvalue weighted by molar-refractivity contribution is -0.116. The number of hydrogen-bond acceptors (Lipinski definition) is 5. The zero-order chi connectivity index (χ0) is 25.7. The normalized spacial score (nSPS) is 15.8. The van der Waals surface area contributed by atoms with Crippen LogP contribution in [0, 0.1) is 18.7 Å². The van der Waals surface area contributed by atoms with Gasteiger partial charge in [-0.15, -0.1) is 0 Å². The number of Topliss-reactive ketones (excluding diaryl/α,β-unsaturated/α-hetero) is 1. The van der Waals surface area contributed by atoms with Gasteiger partial charge in [0.25, 0.3) is 0 Å². The van der Waals surface area contributed by atoms with Crippen LogP contribution >= 0.6 is 0 Å². The predicted molar refractivity (Wildman–Crippen MR) is 140 cm³/mol. The van der Waals surface area contributed by atoms with E-state index in [4.69, 9.17) is 9.47 Å². The predicted octanol–water partition coefficient (Wildman–Crippen LogP) is 6.92. The molecule has 0 saturated heterocycles. The first-order valence-electron chi connectivity index (χ1n) is 12.1. The Morgan fingerprint density at radius 1 is 1.17 bits per heavy atom. The Hall–Kier alpha value is -3.80. The molecule has 0 N–H and O–H groups in total. The van der Waals surface area contributed by atoms with Crippen molar-refractivity contribution >= 4 is 17.1 Å². The highest BCUT2D eigenvalue weighted by atomic mass is 19.1.